The number of nitrogens with zero attached hydrogens (tertiary/aromatic N) is 1. The number of hydrogen-bond acceptors (Lipinski definition) is 3. The molecule has 1 aliphatic rings. The summed E-state index contributed by atoms with van der Waals surface area (Å²) in [4.78, 5) is 14.4. The molecule has 1 heterocycles. The summed E-state index contributed by atoms with van der Waals surface area (Å²) >= 11 is 0. The lowest BCUT2D eigenvalue weighted by atomic mass is 9.93. The molecule has 1 saturated heterocycles. The maximum Gasteiger partial charge on any atom is 0.254 e. The third-order valence-electron chi connectivity index (χ3n) is 3.62. The first-order valence-electron chi connectivity index (χ1n) is 6.44. The number of likely N-dealkylation sites (tertiary alicyclic amines) is 1. The molecular weight excluding hydrogens is 226 g/mol. The SMILES string of the molecule is CC1CCN(C(=O)c2cc(N)cc(N)c2)C(C)C1. The molecular formula is C14H21N3O. The molecule has 18 heavy (non-hydrogen) atoms. The smallest absolute Gasteiger partial charge is 0.254 e. The highest BCUT2D eigenvalue weighted by molar-refractivity contribution is 5.96. The van der Waals surface area contributed by atoms with Crippen molar-refractivity contribution in [3.05, 3.63) is 23.8 Å². The van der Waals surface area contributed by atoms with Gasteiger partial charge in [0.25, 0.3) is 5.91 Å². The third-order valence-corrected chi connectivity index (χ3v) is 3.62. The highest BCUT2D eigenvalue weighted by Gasteiger charge is 2.27. The minimum absolute atomic E-state index is 0.0356. The van der Waals surface area contributed by atoms with E-state index in [1.807, 2.05) is 4.90 Å². The normalized spacial score (nSPS) is 24.0. The van der Waals surface area contributed by atoms with E-state index in [9.17, 15) is 4.79 Å². The van der Waals surface area contributed by atoms with Gasteiger partial charge in [0.15, 0.2) is 0 Å². The van der Waals surface area contributed by atoms with E-state index in [0.29, 0.717) is 22.9 Å². The number of hydrogen-bond donors (Lipinski definition) is 2. The number of carbonyl (C=O) groups excluding carboxylic acids is 1. The van der Waals surface area contributed by atoms with Crippen LogP contribution in [0.2, 0.25) is 0 Å². The van der Waals surface area contributed by atoms with Crippen LogP contribution in [0.25, 0.3) is 0 Å². The first-order chi connectivity index (χ1) is 8.47. The van der Waals surface area contributed by atoms with Crippen LogP contribution in [0.3, 0.4) is 0 Å². The fourth-order valence-corrected chi connectivity index (χ4v) is 2.67. The highest BCUT2D eigenvalue weighted by atomic mass is 16.2. The van der Waals surface area contributed by atoms with Gasteiger partial charge in [-0.25, -0.2) is 0 Å². The quantitative estimate of drug-likeness (QED) is 0.746. The number of nitrogen functional groups attached to an aromatic ring is 2. The fourth-order valence-electron chi connectivity index (χ4n) is 2.67. The van der Waals surface area contributed by atoms with Crippen LogP contribution in [0.5, 0.6) is 0 Å². The van der Waals surface area contributed by atoms with E-state index in [4.69, 9.17) is 11.5 Å². The lowest BCUT2D eigenvalue weighted by Crippen LogP contribution is -2.44. The minimum atomic E-state index is 0.0356. The maximum atomic E-state index is 12.4. The zero-order valence-electron chi connectivity index (χ0n) is 11.0. The Morgan fingerprint density at radius 1 is 1.22 bits per heavy atom. The molecule has 4 nitrogen and oxygen atoms in total. The molecule has 1 aromatic carbocycles. The summed E-state index contributed by atoms with van der Waals surface area (Å²) in [5, 5.41) is 0. The average Bonchev–Trinajstić information content (AvgIpc) is 2.26. The molecule has 0 saturated carbocycles. The van der Waals surface area contributed by atoms with Gasteiger partial charge in [0.1, 0.15) is 0 Å². The van der Waals surface area contributed by atoms with Crippen molar-refractivity contribution in [2.45, 2.75) is 32.7 Å². The molecule has 2 unspecified atom stereocenters. The Morgan fingerprint density at radius 3 is 2.39 bits per heavy atom. The summed E-state index contributed by atoms with van der Waals surface area (Å²) in [7, 11) is 0. The summed E-state index contributed by atoms with van der Waals surface area (Å²) in [5.74, 6) is 0.725. The number of nitrogens with two attached hydrogens (primary N) is 2. The molecule has 0 radical (unpaired) electrons. The predicted molar refractivity (Wildman–Crippen MR) is 74.2 cm³/mol. The number of benzene rings is 1. The van der Waals surface area contributed by atoms with Crippen LogP contribution in [0.1, 0.15) is 37.0 Å². The molecule has 4 heteroatoms. The van der Waals surface area contributed by atoms with Gasteiger partial charge in [0.05, 0.1) is 0 Å². The first-order valence-corrected chi connectivity index (χ1v) is 6.44. The highest BCUT2D eigenvalue weighted by Crippen LogP contribution is 2.25. The van der Waals surface area contributed by atoms with E-state index >= 15 is 0 Å². The van der Waals surface area contributed by atoms with Gasteiger partial charge in [0, 0.05) is 29.5 Å². The molecule has 0 bridgehead atoms. The molecule has 1 amide bonds. The standard InChI is InChI=1S/C14H21N3O/c1-9-3-4-17(10(2)5-9)14(18)11-6-12(15)8-13(16)7-11/h6-10H,3-5,15-16H2,1-2H3. The second-order valence-corrected chi connectivity index (χ2v) is 5.37. The largest absolute Gasteiger partial charge is 0.399 e. The van der Waals surface area contributed by atoms with Crippen molar-refractivity contribution in [3.8, 4) is 0 Å². The Bertz CT molecular complexity index is 438. The van der Waals surface area contributed by atoms with Crippen molar-refractivity contribution >= 4 is 17.3 Å². The Kier molecular flexibility index (Phi) is 3.45. The number of anilines is 2. The number of piperidine rings is 1. The van der Waals surface area contributed by atoms with E-state index in [0.717, 1.165) is 19.4 Å². The summed E-state index contributed by atoms with van der Waals surface area (Å²) in [6, 6.07) is 5.34. The second kappa shape index (κ2) is 4.88. The average molecular weight is 247 g/mol. The van der Waals surface area contributed by atoms with Crippen LogP contribution in [0.15, 0.2) is 18.2 Å². The topological polar surface area (TPSA) is 72.3 Å². The molecule has 2 rings (SSSR count). The lowest BCUT2D eigenvalue weighted by Gasteiger charge is -2.36. The van der Waals surface area contributed by atoms with E-state index in [1.165, 1.54) is 0 Å². The van der Waals surface area contributed by atoms with Crippen molar-refractivity contribution in [1.82, 2.24) is 4.90 Å². The zero-order valence-corrected chi connectivity index (χ0v) is 11.0. The van der Waals surface area contributed by atoms with Crippen LogP contribution in [0, 0.1) is 5.92 Å². The van der Waals surface area contributed by atoms with Crippen molar-refractivity contribution < 1.29 is 4.79 Å². The molecule has 0 aromatic heterocycles. The molecule has 2 atom stereocenters. The van der Waals surface area contributed by atoms with Crippen molar-refractivity contribution in [2.75, 3.05) is 18.0 Å². The molecule has 98 valence electrons. The van der Waals surface area contributed by atoms with Gasteiger partial charge in [0.2, 0.25) is 0 Å². The summed E-state index contributed by atoms with van der Waals surface area (Å²) in [5.41, 5.74) is 13.1. The Labute approximate surface area is 108 Å². The van der Waals surface area contributed by atoms with Gasteiger partial charge in [-0.1, -0.05) is 6.92 Å². The summed E-state index contributed by atoms with van der Waals surface area (Å²) in [6.45, 7) is 5.15. The van der Waals surface area contributed by atoms with Crippen LogP contribution in [0.4, 0.5) is 11.4 Å². The Balaban J connectivity index is 2.20. The van der Waals surface area contributed by atoms with Crippen molar-refractivity contribution in [2.24, 2.45) is 5.92 Å². The number of amides is 1. The number of rotatable bonds is 1. The van der Waals surface area contributed by atoms with Gasteiger partial charge in [-0.2, -0.15) is 0 Å². The zero-order chi connectivity index (χ0) is 13.3. The Morgan fingerprint density at radius 2 is 1.83 bits per heavy atom. The summed E-state index contributed by atoms with van der Waals surface area (Å²) < 4.78 is 0. The molecule has 1 fully saturated rings. The maximum absolute atomic E-state index is 12.4. The van der Waals surface area contributed by atoms with Crippen LogP contribution < -0.4 is 11.5 Å². The molecule has 1 aliphatic heterocycles. The van der Waals surface area contributed by atoms with Crippen molar-refractivity contribution in [3.63, 3.8) is 0 Å². The molecule has 0 spiro atoms. The predicted octanol–water partition coefficient (Wildman–Crippen LogP) is 2.11. The van der Waals surface area contributed by atoms with E-state index in [-0.39, 0.29) is 11.9 Å². The van der Waals surface area contributed by atoms with E-state index < -0.39 is 0 Å². The lowest BCUT2D eigenvalue weighted by molar-refractivity contribution is 0.0588. The van der Waals surface area contributed by atoms with Crippen LogP contribution in [-0.4, -0.2) is 23.4 Å². The fraction of sp³-hybridized carbons (Fsp3) is 0.500. The van der Waals surface area contributed by atoms with Gasteiger partial charge in [-0.15, -0.1) is 0 Å². The first kappa shape index (κ1) is 12.7. The van der Waals surface area contributed by atoms with Gasteiger partial charge < -0.3 is 16.4 Å². The second-order valence-electron chi connectivity index (χ2n) is 5.37. The van der Waals surface area contributed by atoms with Gasteiger partial charge in [-0.05, 0) is 43.9 Å². The molecule has 0 aliphatic carbocycles. The van der Waals surface area contributed by atoms with Crippen LogP contribution >= 0.6 is 0 Å². The third kappa shape index (κ3) is 2.58. The van der Waals surface area contributed by atoms with E-state index in [1.54, 1.807) is 18.2 Å². The Hall–Kier alpha value is -1.71. The van der Waals surface area contributed by atoms with E-state index in [2.05, 4.69) is 13.8 Å². The van der Waals surface area contributed by atoms with Gasteiger partial charge in [-0.3, -0.25) is 4.79 Å². The van der Waals surface area contributed by atoms with Crippen molar-refractivity contribution in [1.29, 1.82) is 0 Å². The molecule has 4 N–H and O–H groups in total. The molecule has 1 aromatic rings. The number of carbonyl (C=O) groups is 1. The monoisotopic (exact) mass is 247 g/mol. The summed E-state index contributed by atoms with van der Waals surface area (Å²) in [6.07, 6.45) is 2.12. The minimum Gasteiger partial charge on any atom is -0.399 e. The van der Waals surface area contributed by atoms with Crippen LogP contribution in [-0.2, 0) is 0 Å². The van der Waals surface area contributed by atoms with Gasteiger partial charge >= 0.3 is 0 Å².